The van der Waals surface area contributed by atoms with Crippen molar-refractivity contribution in [2.75, 3.05) is 40.0 Å². The molecular formula is C14H21FN2O2. The van der Waals surface area contributed by atoms with Crippen molar-refractivity contribution in [3.05, 3.63) is 23.8 Å². The van der Waals surface area contributed by atoms with Crippen LogP contribution in [0.4, 0.5) is 4.39 Å². The highest BCUT2D eigenvalue weighted by atomic mass is 19.1. The fraction of sp³-hybridized carbons (Fsp3) is 0.571. The average molecular weight is 268 g/mol. The number of para-hydroxylation sites is 1. The van der Waals surface area contributed by atoms with E-state index in [-0.39, 0.29) is 11.8 Å². The number of piperazine rings is 1. The average Bonchev–Trinajstić information content (AvgIpc) is 2.46. The van der Waals surface area contributed by atoms with Crippen LogP contribution in [0.2, 0.25) is 0 Å². The van der Waals surface area contributed by atoms with E-state index in [4.69, 9.17) is 4.74 Å². The first-order valence-electron chi connectivity index (χ1n) is 6.64. The zero-order valence-electron chi connectivity index (χ0n) is 11.2. The number of benzene rings is 1. The molecule has 0 saturated carbocycles. The van der Waals surface area contributed by atoms with Gasteiger partial charge in [0.1, 0.15) is 0 Å². The predicted molar refractivity (Wildman–Crippen MR) is 72.4 cm³/mol. The van der Waals surface area contributed by atoms with Gasteiger partial charge in [0.15, 0.2) is 11.5 Å². The lowest BCUT2D eigenvalue weighted by atomic mass is 10.00. The minimum Gasteiger partial charge on any atom is -0.504 e. The summed E-state index contributed by atoms with van der Waals surface area (Å²) in [6.07, 6.45) is 0.390. The van der Waals surface area contributed by atoms with Gasteiger partial charge in [-0.3, -0.25) is 9.29 Å². The molecule has 1 aromatic rings. The van der Waals surface area contributed by atoms with Gasteiger partial charge in [-0.15, -0.1) is 0 Å². The fourth-order valence-corrected chi connectivity index (χ4v) is 2.60. The van der Waals surface area contributed by atoms with Crippen LogP contribution in [0.1, 0.15) is 18.0 Å². The molecule has 1 heterocycles. The number of hydrogen-bond acceptors (Lipinski definition) is 4. The first-order valence-corrected chi connectivity index (χ1v) is 6.64. The highest BCUT2D eigenvalue weighted by Crippen LogP contribution is 2.37. The van der Waals surface area contributed by atoms with Crippen LogP contribution in [0, 0.1) is 0 Å². The summed E-state index contributed by atoms with van der Waals surface area (Å²) in [5.41, 5.74) is 0.749. The van der Waals surface area contributed by atoms with E-state index < -0.39 is 6.67 Å². The van der Waals surface area contributed by atoms with Crippen molar-refractivity contribution >= 4 is 0 Å². The van der Waals surface area contributed by atoms with Crippen molar-refractivity contribution in [1.82, 2.24) is 10.2 Å². The number of nitrogens with one attached hydrogen (secondary N) is 1. The Labute approximate surface area is 113 Å². The molecule has 1 aliphatic heterocycles. The summed E-state index contributed by atoms with van der Waals surface area (Å²) < 4.78 is 18.0. The van der Waals surface area contributed by atoms with E-state index >= 15 is 0 Å². The largest absolute Gasteiger partial charge is 0.504 e. The third kappa shape index (κ3) is 3.16. The summed E-state index contributed by atoms with van der Waals surface area (Å²) >= 11 is 0. The fourth-order valence-electron chi connectivity index (χ4n) is 2.60. The van der Waals surface area contributed by atoms with Crippen LogP contribution in [0.5, 0.6) is 11.5 Å². The van der Waals surface area contributed by atoms with Crippen molar-refractivity contribution in [2.45, 2.75) is 12.5 Å². The van der Waals surface area contributed by atoms with Crippen LogP contribution in [0.15, 0.2) is 18.2 Å². The van der Waals surface area contributed by atoms with E-state index in [0.717, 1.165) is 31.7 Å². The molecule has 0 radical (unpaired) electrons. The van der Waals surface area contributed by atoms with Gasteiger partial charge in [-0.1, -0.05) is 12.1 Å². The maximum Gasteiger partial charge on any atom is 0.162 e. The Bertz CT molecular complexity index is 408. The molecule has 0 bridgehead atoms. The predicted octanol–water partition coefficient (Wildman–Crippen LogP) is 1.71. The maximum absolute atomic E-state index is 12.8. The first-order chi connectivity index (χ1) is 9.27. The normalized spacial score (nSPS) is 18.2. The smallest absolute Gasteiger partial charge is 0.162 e. The maximum atomic E-state index is 12.8. The Hall–Kier alpha value is -1.33. The molecule has 1 fully saturated rings. The van der Waals surface area contributed by atoms with E-state index in [1.54, 1.807) is 6.07 Å². The van der Waals surface area contributed by atoms with Crippen LogP contribution < -0.4 is 10.1 Å². The number of hydrogen-bond donors (Lipinski definition) is 2. The SMILES string of the molecule is COc1cccc([C@@H](CCF)N2CCNCC2)c1O. The van der Waals surface area contributed by atoms with Gasteiger partial charge in [-0.25, -0.2) is 0 Å². The molecule has 0 spiro atoms. The molecule has 0 unspecified atom stereocenters. The monoisotopic (exact) mass is 268 g/mol. The summed E-state index contributed by atoms with van der Waals surface area (Å²) in [4.78, 5) is 2.21. The molecule has 2 rings (SSSR count). The topological polar surface area (TPSA) is 44.7 Å². The lowest BCUT2D eigenvalue weighted by Crippen LogP contribution is -2.45. The molecule has 1 aromatic carbocycles. The zero-order chi connectivity index (χ0) is 13.7. The number of methoxy groups -OCH3 is 1. The number of ether oxygens (including phenoxy) is 1. The number of alkyl halides is 1. The summed E-state index contributed by atoms with van der Waals surface area (Å²) in [5.74, 6) is 0.568. The van der Waals surface area contributed by atoms with E-state index in [1.807, 2.05) is 12.1 Å². The van der Waals surface area contributed by atoms with Crippen molar-refractivity contribution in [3.63, 3.8) is 0 Å². The summed E-state index contributed by atoms with van der Waals surface area (Å²) in [6, 6.07) is 5.30. The van der Waals surface area contributed by atoms with E-state index in [1.165, 1.54) is 7.11 Å². The zero-order valence-corrected chi connectivity index (χ0v) is 11.2. The van der Waals surface area contributed by atoms with E-state index in [9.17, 15) is 9.50 Å². The molecule has 5 heteroatoms. The summed E-state index contributed by atoms with van der Waals surface area (Å²) in [5, 5.41) is 13.5. The molecule has 1 aliphatic rings. The molecule has 2 N–H and O–H groups in total. The van der Waals surface area contributed by atoms with Crippen LogP contribution in [0.3, 0.4) is 0 Å². The first kappa shape index (κ1) is 14.1. The van der Waals surface area contributed by atoms with Gasteiger partial charge in [0.05, 0.1) is 13.8 Å². The van der Waals surface area contributed by atoms with Gasteiger partial charge in [0, 0.05) is 37.8 Å². The lowest BCUT2D eigenvalue weighted by Gasteiger charge is -2.35. The van der Waals surface area contributed by atoms with Crippen LogP contribution >= 0.6 is 0 Å². The highest BCUT2D eigenvalue weighted by Gasteiger charge is 2.25. The quantitative estimate of drug-likeness (QED) is 0.853. The van der Waals surface area contributed by atoms with Crippen molar-refractivity contribution in [3.8, 4) is 11.5 Å². The Morgan fingerprint density at radius 2 is 2.16 bits per heavy atom. The third-order valence-corrected chi connectivity index (χ3v) is 3.58. The summed E-state index contributed by atoms with van der Waals surface area (Å²) in [7, 11) is 1.52. The second-order valence-electron chi connectivity index (χ2n) is 4.68. The van der Waals surface area contributed by atoms with Crippen LogP contribution in [0.25, 0.3) is 0 Å². The van der Waals surface area contributed by atoms with E-state index in [2.05, 4.69) is 10.2 Å². The number of phenolic OH excluding ortho intramolecular Hbond substituents is 1. The molecule has 4 nitrogen and oxygen atoms in total. The number of phenols is 1. The molecule has 19 heavy (non-hydrogen) atoms. The molecule has 106 valence electrons. The third-order valence-electron chi connectivity index (χ3n) is 3.58. The van der Waals surface area contributed by atoms with Gasteiger partial charge in [0.2, 0.25) is 0 Å². The van der Waals surface area contributed by atoms with Crippen LogP contribution in [-0.2, 0) is 0 Å². The Morgan fingerprint density at radius 1 is 1.42 bits per heavy atom. The standard InChI is InChI=1S/C14H21FN2O2/c1-19-13-4-2-3-11(14(13)18)12(5-6-15)17-9-7-16-8-10-17/h2-4,12,16,18H,5-10H2,1H3/t12-/m1/s1. The number of rotatable bonds is 5. The molecule has 1 saturated heterocycles. The van der Waals surface area contributed by atoms with E-state index in [0.29, 0.717) is 12.2 Å². The summed E-state index contributed by atoms with van der Waals surface area (Å²) in [6.45, 7) is 3.12. The minimum absolute atomic E-state index is 0.0952. The number of aromatic hydroxyl groups is 1. The van der Waals surface area contributed by atoms with Crippen molar-refractivity contribution in [2.24, 2.45) is 0 Å². The number of halogens is 1. The number of nitrogens with zero attached hydrogens (tertiary/aromatic N) is 1. The van der Waals surface area contributed by atoms with Crippen LogP contribution in [-0.4, -0.2) is 50.0 Å². The van der Waals surface area contributed by atoms with Crippen molar-refractivity contribution in [1.29, 1.82) is 0 Å². The molecule has 0 amide bonds. The van der Waals surface area contributed by atoms with Gasteiger partial charge in [-0.2, -0.15) is 0 Å². The van der Waals surface area contributed by atoms with Gasteiger partial charge >= 0.3 is 0 Å². The minimum atomic E-state index is -0.398. The van der Waals surface area contributed by atoms with Gasteiger partial charge < -0.3 is 15.2 Å². The molecular weight excluding hydrogens is 247 g/mol. The molecule has 0 aromatic heterocycles. The second-order valence-corrected chi connectivity index (χ2v) is 4.68. The van der Waals surface area contributed by atoms with Gasteiger partial charge in [0.25, 0.3) is 0 Å². The highest BCUT2D eigenvalue weighted by molar-refractivity contribution is 5.46. The Kier molecular flexibility index (Phi) is 4.99. The second kappa shape index (κ2) is 6.73. The molecule has 1 atom stereocenters. The van der Waals surface area contributed by atoms with Crippen molar-refractivity contribution < 1.29 is 14.2 Å². The molecule has 0 aliphatic carbocycles. The Morgan fingerprint density at radius 3 is 2.79 bits per heavy atom. The Balaban J connectivity index is 2.27. The lowest BCUT2D eigenvalue weighted by molar-refractivity contribution is 0.154. The van der Waals surface area contributed by atoms with Gasteiger partial charge in [-0.05, 0) is 12.5 Å².